The number of nitrogens with zero attached hydrogens (tertiary/aromatic N) is 3. The minimum absolute atomic E-state index is 0.952. The topological polar surface area (TPSA) is 30.7 Å². The molecular weight excluding hydrogens is 450 g/mol. The summed E-state index contributed by atoms with van der Waals surface area (Å²) in [6.45, 7) is 0. The Hall–Kier alpha value is -4.50. The van der Waals surface area contributed by atoms with Crippen LogP contribution in [0.3, 0.4) is 0 Å². The molecule has 6 aromatic rings. The van der Waals surface area contributed by atoms with Crippen molar-refractivity contribution < 1.29 is 0 Å². The van der Waals surface area contributed by atoms with Crippen LogP contribution in [0.15, 0.2) is 115 Å². The van der Waals surface area contributed by atoms with Crippen LogP contribution in [0.4, 0.5) is 0 Å². The second kappa shape index (κ2) is 9.18. The van der Waals surface area contributed by atoms with E-state index in [-0.39, 0.29) is 0 Å². The molecule has 3 nitrogen and oxygen atoms in total. The first-order chi connectivity index (χ1) is 18.3. The minimum Gasteiger partial charge on any atom is -0.298 e. The van der Waals surface area contributed by atoms with E-state index in [1.807, 2.05) is 12.1 Å². The SMILES string of the molecule is c1ccc(-c2cc(-c3cccc(-n4c5c(c6ccccc64)CCCC5)n3)cc(-c3ccccc3)n2)cc1. The van der Waals surface area contributed by atoms with Crippen molar-refractivity contribution in [1.29, 1.82) is 0 Å². The molecule has 37 heavy (non-hydrogen) atoms. The molecule has 7 rings (SSSR count). The van der Waals surface area contributed by atoms with Gasteiger partial charge in [0.1, 0.15) is 5.82 Å². The number of fused-ring (bicyclic) bond motifs is 3. The van der Waals surface area contributed by atoms with Gasteiger partial charge in [0.05, 0.1) is 22.6 Å². The van der Waals surface area contributed by atoms with Gasteiger partial charge in [-0.1, -0.05) is 84.9 Å². The van der Waals surface area contributed by atoms with Gasteiger partial charge in [0.15, 0.2) is 0 Å². The van der Waals surface area contributed by atoms with E-state index < -0.39 is 0 Å². The molecule has 0 aliphatic heterocycles. The van der Waals surface area contributed by atoms with Crippen LogP contribution in [0.1, 0.15) is 24.1 Å². The maximum Gasteiger partial charge on any atom is 0.138 e. The van der Waals surface area contributed by atoms with Gasteiger partial charge in [0, 0.05) is 27.8 Å². The highest BCUT2D eigenvalue weighted by Crippen LogP contribution is 2.35. The molecule has 0 unspecified atom stereocenters. The smallest absolute Gasteiger partial charge is 0.138 e. The molecule has 178 valence electrons. The molecule has 0 atom stereocenters. The van der Waals surface area contributed by atoms with Crippen molar-refractivity contribution in [3.8, 4) is 39.6 Å². The summed E-state index contributed by atoms with van der Waals surface area (Å²) >= 11 is 0. The molecule has 0 N–H and O–H groups in total. The molecule has 0 fully saturated rings. The Kier molecular flexibility index (Phi) is 5.40. The third-order valence-corrected chi connectivity index (χ3v) is 7.40. The molecule has 0 spiro atoms. The predicted molar refractivity (Wildman–Crippen MR) is 152 cm³/mol. The lowest BCUT2D eigenvalue weighted by Gasteiger charge is -2.16. The Labute approximate surface area is 217 Å². The number of rotatable bonds is 4. The van der Waals surface area contributed by atoms with Crippen molar-refractivity contribution in [2.75, 3.05) is 0 Å². The Morgan fingerprint density at radius 2 is 1.16 bits per heavy atom. The zero-order valence-corrected chi connectivity index (χ0v) is 20.6. The zero-order valence-electron chi connectivity index (χ0n) is 20.6. The van der Waals surface area contributed by atoms with Gasteiger partial charge in [-0.05, 0) is 61.6 Å². The molecule has 0 radical (unpaired) electrons. The Bertz CT molecular complexity index is 1660. The van der Waals surface area contributed by atoms with E-state index in [0.29, 0.717) is 0 Å². The average Bonchev–Trinajstić information content (AvgIpc) is 3.32. The number of aryl methyl sites for hydroxylation is 1. The summed E-state index contributed by atoms with van der Waals surface area (Å²) < 4.78 is 2.39. The molecule has 3 heterocycles. The fourth-order valence-electron chi connectivity index (χ4n) is 5.66. The minimum atomic E-state index is 0.952. The number of benzene rings is 3. The maximum atomic E-state index is 5.25. The summed E-state index contributed by atoms with van der Waals surface area (Å²) in [5.41, 5.74) is 10.3. The van der Waals surface area contributed by atoms with Gasteiger partial charge in [0.25, 0.3) is 0 Å². The fraction of sp³-hybridized carbons (Fsp3) is 0.118. The van der Waals surface area contributed by atoms with E-state index in [1.54, 1.807) is 0 Å². The molecule has 3 aromatic heterocycles. The molecular formula is C34H27N3. The van der Waals surface area contributed by atoms with Crippen LogP contribution in [-0.4, -0.2) is 14.5 Å². The van der Waals surface area contributed by atoms with Crippen LogP contribution >= 0.6 is 0 Å². The number of pyridine rings is 2. The highest BCUT2D eigenvalue weighted by molar-refractivity contribution is 5.87. The van der Waals surface area contributed by atoms with Crippen LogP contribution in [0.5, 0.6) is 0 Å². The third kappa shape index (κ3) is 3.93. The molecule has 0 saturated heterocycles. The lowest BCUT2D eigenvalue weighted by molar-refractivity contribution is 0.665. The lowest BCUT2D eigenvalue weighted by atomic mass is 9.95. The van der Waals surface area contributed by atoms with E-state index in [4.69, 9.17) is 9.97 Å². The second-order valence-corrected chi connectivity index (χ2v) is 9.72. The van der Waals surface area contributed by atoms with E-state index in [9.17, 15) is 0 Å². The third-order valence-electron chi connectivity index (χ3n) is 7.40. The second-order valence-electron chi connectivity index (χ2n) is 9.72. The van der Waals surface area contributed by atoms with Gasteiger partial charge in [-0.15, -0.1) is 0 Å². The Balaban J connectivity index is 1.41. The van der Waals surface area contributed by atoms with E-state index in [2.05, 4.69) is 108 Å². The monoisotopic (exact) mass is 477 g/mol. The number of hydrogen-bond acceptors (Lipinski definition) is 2. The van der Waals surface area contributed by atoms with Crippen molar-refractivity contribution in [1.82, 2.24) is 14.5 Å². The number of aromatic nitrogens is 3. The van der Waals surface area contributed by atoms with E-state index in [0.717, 1.165) is 52.4 Å². The number of hydrogen-bond donors (Lipinski definition) is 0. The molecule has 0 bridgehead atoms. The summed E-state index contributed by atoms with van der Waals surface area (Å²) in [5.74, 6) is 0.983. The van der Waals surface area contributed by atoms with Crippen LogP contribution in [0.25, 0.3) is 50.5 Å². The van der Waals surface area contributed by atoms with Gasteiger partial charge < -0.3 is 0 Å². The highest BCUT2D eigenvalue weighted by atomic mass is 15.1. The number of para-hydroxylation sites is 1. The Morgan fingerprint density at radius 1 is 0.514 bits per heavy atom. The molecule has 0 amide bonds. The maximum absolute atomic E-state index is 5.25. The van der Waals surface area contributed by atoms with Crippen molar-refractivity contribution in [3.63, 3.8) is 0 Å². The summed E-state index contributed by atoms with van der Waals surface area (Å²) in [7, 11) is 0. The van der Waals surface area contributed by atoms with Crippen LogP contribution in [0.2, 0.25) is 0 Å². The first-order valence-electron chi connectivity index (χ1n) is 13.1. The first kappa shape index (κ1) is 21.8. The lowest BCUT2D eigenvalue weighted by Crippen LogP contribution is -2.08. The van der Waals surface area contributed by atoms with Crippen LogP contribution in [-0.2, 0) is 12.8 Å². The van der Waals surface area contributed by atoms with Crippen molar-refractivity contribution in [2.24, 2.45) is 0 Å². The summed E-state index contributed by atoms with van der Waals surface area (Å²) in [6, 6.07) is 40.3. The van der Waals surface area contributed by atoms with Gasteiger partial charge >= 0.3 is 0 Å². The first-order valence-corrected chi connectivity index (χ1v) is 13.1. The van der Waals surface area contributed by atoms with Gasteiger partial charge in [0.2, 0.25) is 0 Å². The molecule has 1 aliphatic carbocycles. The van der Waals surface area contributed by atoms with Gasteiger partial charge in [-0.25, -0.2) is 9.97 Å². The van der Waals surface area contributed by atoms with E-state index >= 15 is 0 Å². The average molecular weight is 478 g/mol. The Morgan fingerprint density at radius 3 is 1.89 bits per heavy atom. The quantitative estimate of drug-likeness (QED) is 0.256. The fourth-order valence-corrected chi connectivity index (χ4v) is 5.66. The normalized spacial score (nSPS) is 13.0. The summed E-state index contributed by atoms with van der Waals surface area (Å²) in [4.78, 5) is 10.3. The predicted octanol–water partition coefficient (Wildman–Crippen LogP) is 8.30. The molecule has 0 saturated carbocycles. The van der Waals surface area contributed by atoms with Crippen LogP contribution < -0.4 is 0 Å². The molecule has 3 aromatic carbocycles. The molecule has 1 aliphatic rings. The van der Waals surface area contributed by atoms with Crippen molar-refractivity contribution in [3.05, 3.63) is 127 Å². The van der Waals surface area contributed by atoms with Crippen molar-refractivity contribution >= 4 is 10.9 Å². The summed E-state index contributed by atoms with van der Waals surface area (Å²) in [5, 5.41) is 1.37. The van der Waals surface area contributed by atoms with E-state index in [1.165, 1.54) is 35.0 Å². The van der Waals surface area contributed by atoms with Crippen molar-refractivity contribution in [2.45, 2.75) is 25.7 Å². The highest BCUT2D eigenvalue weighted by Gasteiger charge is 2.21. The summed E-state index contributed by atoms with van der Waals surface area (Å²) in [6.07, 6.45) is 4.74. The zero-order chi connectivity index (χ0) is 24.6. The van der Waals surface area contributed by atoms with Crippen LogP contribution in [0, 0.1) is 0 Å². The van der Waals surface area contributed by atoms with Gasteiger partial charge in [-0.3, -0.25) is 4.57 Å². The largest absolute Gasteiger partial charge is 0.298 e. The standard InChI is InChI=1S/C34H27N3/c1-3-12-24(13-4-1)30-22-26(23-31(35-30)25-14-5-2-6-15-25)29-18-11-21-34(36-29)37-32-19-9-7-16-27(32)28-17-8-10-20-33(28)37/h1-7,9,11-16,18-19,21-23H,8,10,17,20H2. The molecule has 3 heteroatoms. The van der Waals surface area contributed by atoms with Gasteiger partial charge in [-0.2, -0.15) is 0 Å².